The van der Waals surface area contributed by atoms with Gasteiger partial charge in [-0.25, -0.2) is 0 Å². The molecule has 0 aliphatic rings. The van der Waals surface area contributed by atoms with Crippen LogP contribution in [0.5, 0.6) is 0 Å². The minimum Gasteiger partial charge on any atom is -0.184 e. The van der Waals surface area contributed by atoms with Gasteiger partial charge in [0.1, 0.15) is 0 Å². The molecule has 0 atom stereocenters. The van der Waals surface area contributed by atoms with Crippen LogP contribution < -0.4 is 0 Å². The summed E-state index contributed by atoms with van der Waals surface area (Å²) in [5, 5.41) is 0. The molecule has 0 aromatic heterocycles. The standard InChI is InChI=1S/C15H14.C12H17.C7H7.2Y/c1-3-8-14(9-4-1)12-7-13-15-10-5-2-6-11-15;1-3-11(4-2)10-12-8-6-5-7-9-12;1-7-5-3-2-4-6-7;;/h3-6,8-11H,7,12-13H2;6-9,11H,3-4,10H2,1-2H3;3-6H,1H3;;/q-2;2*-1;;. The number of rotatable bonds is 8. The van der Waals surface area contributed by atoms with Crippen molar-refractivity contribution in [1.29, 1.82) is 0 Å². The molecule has 0 fully saturated rings. The van der Waals surface area contributed by atoms with E-state index in [1.807, 2.05) is 60.7 Å². The van der Waals surface area contributed by atoms with E-state index in [9.17, 15) is 0 Å². The summed E-state index contributed by atoms with van der Waals surface area (Å²) in [6.45, 7) is 6.60. The van der Waals surface area contributed by atoms with E-state index in [2.05, 4.69) is 81.4 Å². The van der Waals surface area contributed by atoms with Gasteiger partial charge in [-0.2, -0.15) is 144 Å². The maximum absolute atomic E-state index is 3.04. The molecule has 0 amide bonds. The summed E-state index contributed by atoms with van der Waals surface area (Å²) in [5.41, 5.74) is 5.54. The molecule has 0 aliphatic heterocycles. The summed E-state index contributed by atoms with van der Waals surface area (Å²) in [6.07, 6.45) is 7.29. The summed E-state index contributed by atoms with van der Waals surface area (Å²) >= 11 is 0. The first-order valence-electron chi connectivity index (χ1n) is 12.5. The Labute approximate surface area is 271 Å². The van der Waals surface area contributed by atoms with Crippen molar-refractivity contribution in [2.75, 3.05) is 0 Å². The molecule has 0 unspecified atom stereocenters. The van der Waals surface area contributed by atoms with Gasteiger partial charge in [-0.05, 0) is 18.8 Å². The van der Waals surface area contributed by atoms with Crippen LogP contribution in [0.2, 0.25) is 0 Å². The molecular weight excluding hydrogens is 586 g/mol. The fraction of sp³-hybridized carbons (Fsp3) is 0.294. The fourth-order valence-electron chi connectivity index (χ4n) is 3.61. The molecule has 0 N–H and O–H groups in total. The van der Waals surface area contributed by atoms with E-state index in [4.69, 9.17) is 0 Å². The summed E-state index contributed by atoms with van der Waals surface area (Å²) in [6, 6.07) is 44.7. The molecule has 0 heterocycles. The van der Waals surface area contributed by atoms with Gasteiger partial charge in [0.15, 0.2) is 0 Å². The average molecular weight is 624 g/mol. The minimum atomic E-state index is 0. The zero-order chi connectivity index (χ0) is 24.3. The smallest absolute Gasteiger partial charge is 0 e. The maximum Gasteiger partial charge on any atom is 0 e. The predicted octanol–water partition coefficient (Wildman–Crippen LogP) is 8.72. The monoisotopic (exact) mass is 624 g/mol. The van der Waals surface area contributed by atoms with Crippen LogP contribution in [-0.2, 0) is 84.7 Å². The molecule has 0 aliphatic carbocycles. The van der Waals surface area contributed by atoms with Crippen molar-refractivity contribution in [3.8, 4) is 0 Å². The van der Waals surface area contributed by atoms with Crippen LogP contribution >= 0.6 is 0 Å². The zero-order valence-electron chi connectivity index (χ0n) is 22.2. The largest absolute Gasteiger partial charge is 0.184 e. The Morgan fingerprint density at radius 3 is 1.17 bits per heavy atom. The SMILES string of the molecule is CCC(CC)Cc1cc[c-]cc1.Cc1cc[c-]cc1.[Y].[Y].[c-]1ccc(CCCc2cc[c-]cc2)cc1. The summed E-state index contributed by atoms with van der Waals surface area (Å²) in [4.78, 5) is 0. The van der Waals surface area contributed by atoms with Crippen molar-refractivity contribution in [3.05, 3.63) is 144 Å². The van der Waals surface area contributed by atoms with Crippen LogP contribution in [0.3, 0.4) is 0 Å². The second-order valence-corrected chi connectivity index (χ2v) is 8.54. The van der Waals surface area contributed by atoms with Crippen molar-refractivity contribution >= 4 is 0 Å². The number of hydrogen-bond acceptors (Lipinski definition) is 0. The Morgan fingerprint density at radius 1 is 0.528 bits per heavy atom. The van der Waals surface area contributed by atoms with Crippen LogP contribution in [0.4, 0.5) is 0 Å². The van der Waals surface area contributed by atoms with E-state index >= 15 is 0 Å². The van der Waals surface area contributed by atoms with E-state index in [-0.39, 0.29) is 65.4 Å². The molecule has 184 valence electrons. The average Bonchev–Trinajstić information content (AvgIpc) is 2.90. The third-order valence-corrected chi connectivity index (χ3v) is 5.86. The van der Waals surface area contributed by atoms with Gasteiger partial charge in [0.2, 0.25) is 0 Å². The molecule has 4 rings (SSSR count). The first-order chi connectivity index (χ1) is 16.7. The molecule has 0 spiro atoms. The molecule has 2 radical (unpaired) electrons. The summed E-state index contributed by atoms with van der Waals surface area (Å²) < 4.78 is 0. The van der Waals surface area contributed by atoms with Gasteiger partial charge in [0, 0.05) is 65.4 Å². The van der Waals surface area contributed by atoms with Crippen molar-refractivity contribution in [2.24, 2.45) is 5.92 Å². The Bertz CT molecular complexity index is 927. The Morgan fingerprint density at radius 2 is 0.861 bits per heavy atom. The van der Waals surface area contributed by atoms with Gasteiger partial charge >= 0.3 is 0 Å². The van der Waals surface area contributed by atoms with Crippen LogP contribution in [0.25, 0.3) is 0 Å². The number of hydrogen-bond donors (Lipinski definition) is 0. The van der Waals surface area contributed by atoms with Crippen molar-refractivity contribution < 1.29 is 65.4 Å². The first kappa shape index (κ1) is 35.1. The van der Waals surface area contributed by atoms with Crippen LogP contribution in [0, 0.1) is 37.1 Å². The molecule has 36 heavy (non-hydrogen) atoms. The van der Waals surface area contributed by atoms with Gasteiger partial charge in [0.25, 0.3) is 0 Å². The summed E-state index contributed by atoms with van der Waals surface area (Å²) in [7, 11) is 0. The quantitative estimate of drug-likeness (QED) is 0.172. The Hall–Kier alpha value is -0.912. The molecule has 0 bridgehead atoms. The van der Waals surface area contributed by atoms with Gasteiger partial charge in [-0.1, -0.05) is 46.5 Å². The van der Waals surface area contributed by atoms with Crippen molar-refractivity contribution in [3.63, 3.8) is 0 Å². The van der Waals surface area contributed by atoms with Crippen LogP contribution in [0.1, 0.15) is 55.4 Å². The van der Waals surface area contributed by atoms with Crippen molar-refractivity contribution in [2.45, 2.75) is 59.3 Å². The Kier molecular flexibility index (Phi) is 22.6. The topological polar surface area (TPSA) is 0 Å². The number of aryl methyl sites for hydroxylation is 3. The van der Waals surface area contributed by atoms with E-state index in [0.29, 0.717) is 0 Å². The van der Waals surface area contributed by atoms with E-state index < -0.39 is 0 Å². The summed E-state index contributed by atoms with van der Waals surface area (Å²) in [5.74, 6) is 0.854. The van der Waals surface area contributed by atoms with E-state index in [1.165, 1.54) is 47.9 Å². The van der Waals surface area contributed by atoms with Crippen molar-refractivity contribution in [1.82, 2.24) is 0 Å². The fourth-order valence-corrected chi connectivity index (χ4v) is 3.61. The maximum atomic E-state index is 3.04. The molecule has 0 saturated carbocycles. The zero-order valence-corrected chi connectivity index (χ0v) is 27.9. The van der Waals surface area contributed by atoms with Crippen LogP contribution in [0.15, 0.2) is 97.1 Å². The third kappa shape index (κ3) is 16.8. The number of benzene rings is 4. The Balaban J connectivity index is 0.000000526. The first-order valence-corrected chi connectivity index (χ1v) is 12.5. The molecular formula is C34H38Y2-4. The van der Waals surface area contributed by atoms with E-state index in [1.54, 1.807) is 0 Å². The second-order valence-electron chi connectivity index (χ2n) is 8.54. The predicted molar refractivity (Wildman–Crippen MR) is 146 cm³/mol. The van der Waals surface area contributed by atoms with Gasteiger partial charge in [0.05, 0.1) is 0 Å². The van der Waals surface area contributed by atoms with E-state index in [0.717, 1.165) is 18.8 Å². The van der Waals surface area contributed by atoms with Gasteiger partial charge in [-0.3, -0.25) is 0 Å². The molecule has 2 heteroatoms. The normalized spacial score (nSPS) is 9.44. The molecule has 4 aromatic rings. The second kappa shape index (κ2) is 23.2. The van der Waals surface area contributed by atoms with Gasteiger partial charge in [-0.15, -0.1) is 0 Å². The molecule has 0 saturated heterocycles. The molecule has 0 nitrogen and oxygen atoms in total. The van der Waals surface area contributed by atoms with Gasteiger partial charge < -0.3 is 0 Å². The van der Waals surface area contributed by atoms with Crippen LogP contribution in [-0.4, -0.2) is 0 Å². The molecule has 4 aromatic carbocycles. The third-order valence-electron chi connectivity index (χ3n) is 5.86. The minimum absolute atomic E-state index is 0.